The first kappa shape index (κ1) is 28.8. The van der Waals surface area contributed by atoms with Gasteiger partial charge in [0.15, 0.2) is 0 Å². The molecule has 8 rings (SSSR count). The molecule has 0 aliphatic heterocycles. The maximum atomic E-state index is 6.70. The van der Waals surface area contributed by atoms with Crippen molar-refractivity contribution >= 4 is 53.4 Å². The van der Waals surface area contributed by atoms with Crippen LogP contribution in [0.15, 0.2) is 126 Å². The van der Waals surface area contributed by atoms with Crippen molar-refractivity contribution < 1.29 is 4.42 Å². The summed E-state index contributed by atoms with van der Waals surface area (Å²) in [6.45, 7) is 13.6. The first-order valence-electron chi connectivity index (χ1n) is 16.2. The zero-order valence-corrected chi connectivity index (χ0v) is 28.2. The normalized spacial score (nSPS) is 12.6. The summed E-state index contributed by atoms with van der Waals surface area (Å²) in [5.41, 5.74) is 12.0. The van der Waals surface area contributed by atoms with Gasteiger partial charge in [0.25, 0.3) is 0 Å². The van der Waals surface area contributed by atoms with Crippen LogP contribution in [0.25, 0.3) is 75.5 Å². The van der Waals surface area contributed by atoms with Gasteiger partial charge in [0.1, 0.15) is 11.2 Å². The monoisotopic (exact) mass is 614 g/mol. The van der Waals surface area contributed by atoms with Crippen LogP contribution in [-0.4, -0.2) is 0 Å². The molecule has 0 unspecified atom stereocenters. The molecule has 46 heavy (non-hydrogen) atoms. The zero-order valence-electron chi connectivity index (χ0n) is 27.4. The highest BCUT2D eigenvalue weighted by molar-refractivity contribution is 7.26. The van der Waals surface area contributed by atoms with Crippen molar-refractivity contribution in [2.75, 3.05) is 0 Å². The molecule has 8 aromatic rings. The molecule has 0 spiro atoms. The molecule has 0 bridgehead atoms. The van der Waals surface area contributed by atoms with Crippen molar-refractivity contribution in [1.29, 1.82) is 0 Å². The van der Waals surface area contributed by atoms with Gasteiger partial charge >= 0.3 is 0 Å². The lowest BCUT2D eigenvalue weighted by Crippen LogP contribution is -2.10. The van der Waals surface area contributed by atoms with Crippen LogP contribution in [0.4, 0.5) is 0 Å². The van der Waals surface area contributed by atoms with Gasteiger partial charge in [-0.25, -0.2) is 0 Å². The molecule has 0 saturated heterocycles. The summed E-state index contributed by atoms with van der Waals surface area (Å²) < 4.78 is 9.35. The highest BCUT2D eigenvalue weighted by atomic mass is 32.1. The van der Waals surface area contributed by atoms with Gasteiger partial charge in [0, 0.05) is 42.1 Å². The summed E-state index contributed by atoms with van der Waals surface area (Å²) in [5, 5.41) is 4.91. The average molecular weight is 615 g/mol. The summed E-state index contributed by atoms with van der Waals surface area (Å²) in [5.74, 6) is 0. The molecular weight excluding hydrogens is 577 g/mol. The van der Waals surface area contributed by atoms with Crippen LogP contribution in [0, 0.1) is 0 Å². The Bertz CT molecular complexity index is 2400. The van der Waals surface area contributed by atoms with E-state index in [1.54, 1.807) is 0 Å². The molecule has 0 N–H and O–H groups in total. The van der Waals surface area contributed by atoms with Gasteiger partial charge in [-0.05, 0) is 74.5 Å². The summed E-state index contributed by atoms with van der Waals surface area (Å²) >= 11 is 1.89. The minimum Gasteiger partial charge on any atom is -0.455 e. The number of hydrogen-bond acceptors (Lipinski definition) is 2. The number of rotatable bonds is 3. The van der Waals surface area contributed by atoms with Crippen molar-refractivity contribution in [3.8, 4) is 33.4 Å². The quantitative estimate of drug-likeness (QED) is 0.193. The Balaban J connectivity index is 1.28. The number of benzene rings is 6. The summed E-state index contributed by atoms with van der Waals surface area (Å²) in [6.07, 6.45) is 0. The minimum absolute atomic E-state index is 0.116. The summed E-state index contributed by atoms with van der Waals surface area (Å²) in [4.78, 5) is 0. The fourth-order valence-electron chi connectivity index (χ4n) is 6.71. The van der Waals surface area contributed by atoms with E-state index in [4.69, 9.17) is 4.42 Å². The SMILES string of the molecule is CC(C)(C)c1ccc(-c2cccc3c2oc2cc(-c4cc(-c5ccc(C(C)(C)C)cc5)c5sc6ccccc6c5c4)ccc23)cc1. The van der Waals surface area contributed by atoms with E-state index in [2.05, 4.69) is 163 Å². The predicted molar refractivity (Wildman–Crippen MR) is 200 cm³/mol. The van der Waals surface area contributed by atoms with Crippen molar-refractivity contribution in [3.63, 3.8) is 0 Å². The molecule has 226 valence electrons. The highest BCUT2D eigenvalue weighted by Gasteiger charge is 2.19. The number of fused-ring (bicyclic) bond motifs is 6. The Morgan fingerprint density at radius 3 is 1.74 bits per heavy atom. The molecule has 0 atom stereocenters. The van der Waals surface area contributed by atoms with Crippen LogP contribution in [-0.2, 0) is 10.8 Å². The number of thiophene rings is 1. The fourth-order valence-corrected chi connectivity index (χ4v) is 7.93. The fraction of sp³-hybridized carbons (Fsp3) is 0.182. The molecular formula is C44H38OS. The maximum Gasteiger partial charge on any atom is 0.143 e. The molecule has 2 aromatic heterocycles. The topological polar surface area (TPSA) is 13.1 Å². The average Bonchev–Trinajstić information content (AvgIpc) is 3.61. The van der Waals surface area contributed by atoms with E-state index in [9.17, 15) is 0 Å². The molecule has 2 heterocycles. The van der Waals surface area contributed by atoms with Gasteiger partial charge in [-0.2, -0.15) is 0 Å². The van der Waals surface area contributed by atoms with Gasteiger partial charge in [-0.3, -0.25) is 0 Å². The third-order valence-corrected chi connectivity index (χ3v) is 10.7. The second kappa shape index (κ2) is 10.4. The Morgan fingerprint density at radius 1 is 0.457 bits per heavy atom. The summed E-state index contributed by atoms with van der Waals surface area (Å²) in [7, 11) is 0. The van der Waals surface area contributed by atoms with E-state index < -0.39 is 0 Å². The number of hydrogen-bond donors (Lipinski definition) is 0. The van der Waals surface area contributed by atoms with Gasteiger partial charge in [-0.1, -0.05) is 133 Å². The molecule has 0 aliphatic carbocycles. The van der Waals surface area contributed by atoms with Crippen molar-refractivity contribution in [3.05, 3.63) is 132 Å². The third kappa shape index (κ3) is 4.84. The van der Waals surface area contributed by atoms with E-state index in [0.717, 1.165) is 33.1 Å². The third-order valence-electron chi connectivity index (χ3n) is 9.43. The van der Waals surface area contributed by atoms with E-state index in [-0.39, 0.29) is 10.8 Å². The molecule has 1 nitrogen and oxygen atoms in total. The smallest absolute Gasteiger partial charge is 0.143 e. The minimum atomic E-state index is 0.116. The second-order valence-corrected chi connectivity index (χ2v) is 15.7. The van der Waals surface area contributed by atoms with Gasteiger partial charge in [-0.15, -0.1) is 11.3 Å². The van der Waals surface area contributed by atoms with Crippen molar-refractivity contribution in [1.82, 2.24) is 0 Å². The van der Waals surface area contributed by atoms with Crippen LogP contribution in [0.3, 0.4) is 0 Å². The zero-order chi connectivity index (χ0) is 31.8. The van der Waals surface area contributed by atoms with E-state index >= 15 is 0 Å². The second-order valence-electron chi connectivity index (χ2n) is 14.6. The van der Waals surface area contributed by atoms with Crippen LogP contribution in [0.5, 0.6) is 0 Å². The van der Waals surface area contributed by atoms with Crippen LogP contribution in [0.1, 0.15) is 52.7 Å². The Labute approximate surface area is 275 Å². The van der Waals surface area contributed by atoms with Gasteiger partial charge < -0.3 is 4.42 Å². The standard InChI is InChI=1S/C44H38OS/c1-43(2,3)31-19-14-27(15-20-31)33-11-9-12-36-34-23-18-29(26-39(34)45-41(33)36)30-24-37(28-16-21-32(22-17-28)44(4,5)6)42-38(25-30)35-10-7-8-13-40(35)46-42/h7-26H,1-6H3. The Morgan fingerprint density at radius 2 is 1.07 bits per heavy atom. The van der Waals surface area contributed by atoms with E-state index in [0.29, 0.717) is 0 Å². The first-order chi connectivity index (χ1) is 22.0. The largest absolute Gasteiger partial charge is 0.455 e. The lowest BCUT2D eigenvalue weighted by Gasteiger charge is -2.19. The molecule has 0 amide bonds. The molecule has 0 saturated carbocycles. The van der Waals surface area contributed by atoms with Crippen LogP contribution >= 0.6 is 11.3 Å². The molecule has 6 aromatic carbocycles. The predicted octanol–water partition coefficient (Wildman–Crippen LogP) is 13.5. The lowest BCUT2D eigenvalue weighted by molar-refractivity contribution is 0.590. The van der Waals surface area contributed by atoms with E-state index in [1.807, 2.05) is 11.3 Å². The Kier molecular flexibility index (Phi) is 6.53. The van der Waals surface area contributed by atoms with Crippen molar-refractivity contribution in [2.24, 2.45) is 0 Å². The molecule has 0 radical (unpaired) electrons. The Hall–Kier alpha value is -4.66. The maximum absolute atomic E-state index is 6.70. The molecule has 2 heteroatoms. The van der Waals surface area contributed by atoms with Crippen LogP contribution in [0.2, 0.25) is 0 Å². The van der Waals surface area contributed by atoms with Crippen molar-refractivity contribution in [2.45, 2.75) is 52.4 Å². The van der Waals surface area contributed by atoms with E-state index in [1.165, 1.54) is 53.6 Å². The number of furan rings is 1. The molecule has 0 fully saturated rings. The van der Waals surface area contributed by atoms with Gasteiger partial charge in [0.2, 0.25) is 0 Å². The van der Waals surface area contributed by atoms with Gasteiger partial charge in [0.05, 0.1) is 0 Å². The summed E-state index contributed by atoms with van der Waals surface area (Å²) in [6, 6.07) is 44.8. The molecule has 0 aliphatic rings. The van der Waals surface area contributed by atoms with Crippen LogP contribution < -0.4 is 0 Å². The highest BCUT2D eigenvalue weighted by Crippen LogP contribution is 2.44. The first-order valence-corrected chi connectivity index (χ1v) is 17.0. The lowest BCUT2D eigenvalue weighted by atomic mass is 9.86. The number of para-hydroxylation sites is 1.